The molecule has 0 saturated heterocycles. The summed E-state index contributed by atoms with van der Waals surface area (Å²) < 4.78 is 55.6. The first-order valence-electron chi connectivity index (χ1n) is 10.4. The molecule has 0 saturated carbocycles. The van der Waals surface area contributed by atoms with E-state index in [0.29, 0.717) is 39.9 Å². The zero-order valence-corrected chi connectivity index (χ0v) is 18.0. The number of fused-ring (bicyclic) bond motifs is 3. The van der Waals surface area contributed by atoms with Gasteiger partial charge >= 0.3 is 6.18 Å². The summed E-state index contributed by atoms with van der Waals surface area (Å²) in [5, 5.41) is 18.6. The number of benzene rings is 1. The van der Waals surface area contributed by atoms with E-state index in [9.17, 15) is 13.2 Å². The van der Waals surface area contributed by atoms with Gasteiger partial charge < -0.3 is 14.0 Å². The van der Waals surface area contributed by atoms with E-state index in [2.05, 4.69) is 25.4 Å². The van der Waals surface area contributed by atoms with Crippen molar-refractivity contribution in [3.63, 3.8) is 0 Å². The summed E-state index contributed by atoms with van der Waals surface area (Å²) in [5.41, 5.74) is 1.48. The quantitative estimate of drug-likeness (QED) is 0.400. The summed E-state index contributed by atoms with van der Waals surface area (Å²) in [6.07, 6.45) is -2.03. The van der Waals surface area contributed by atoms with Crippen molar-refractivity contribution in [2.24, 2.45) is 10.9 Å². The molecule has 5 rings (SSSR count). The van der Waals surface area contributed by atoms with Gasteiger partial charge in [-0.05, 0) is 12.1 Å². The molecule has 3 aromatic heterocycles. The largest absolute Gasteiger partial charge is 0.470 e. The molecule has 4 heterocycles. The number of hydrogen-bond donors (Lipinski definition) is 0. The van der Waals surface area contributed by atoms with Crippen molar-refractivity contribution in [3.8, 4) is 17.4 Å². The van der Waals surface area contributed by atoms with Crippen molar-refractivity contribution in [3.05, 3.63) is 48.2 Å². The fourth-order valence-corrected chi connectivity index (χ4v) is 3.71. The second-order valence-electron chi connectivity index (χ2n) is 7.78. The van der Waals surface area contributed by atoms with Gasteiger partial charge in [-0.1, -0.05) is 29.4 Å². The van der Waals surface area contributed by atoms with E-state index >= 15 is 0 Å². The second-order valence-corrected chi connectivity index (χ2v) is 7.78. The van der Waals surface area contributed by atoms with Crippen molar-refractivity contribution in [1.82, 2.24) is 25.0 Å². The molecule has 0 spiro atoms. The Bertz CT molecular complexity index is 1390. The first-order valence-corrected chi connectivity index (χ1v) is 10.4. The smallest absolute Gasteiger partial charge is 0.389 e. The average molecular weight is 472 g/mol. The summed E-state index contributed by atoms with van der Waals surface area (Å²) >= 11 is 0. The molecule has 4 aromatic rings. The number of halogens is 3. The Kier molecular flexibility index (Phi) is 5.74. The van der Waals surface area contributed by atoms with Gasteiger partial charge in [0.1, 0.15) is 13.2 Å². The Morgan fingerprint density at radius 3 is 2.71 bits per heavy atom. The summed E-state index contributed by atoms with van der Waals surface area (Å²) in [6, 6.07) is 9.12. The number of aliphatic imine (C=N–C) groups is 1. The van der Waals surface area contributed by atoms with Gasteiger partial charge in [0, 0.05) is 36.4 Å². The standard InChI is InChI=1S/C22H19F3N6O3/c1-32-12-15-8-18(30-34-15)20-28-27-19-16-4-2-3-5-17(16)21(29-31(19)20)33-11-14-7-6-13(10-26-14)9-22(23,24)25/h2-8,13H,9-12H2,1H3. The lowest BCUT2D eigenvalue weighted by atomic mass is 10.0. The van der Waals surface area contributed by atoms with Crippen LogP contribution in [-0.2, 0) is 11.3 Å². The summed E-state index contributed by atoms with van der Waals surface area (Å²) in [5.74, 6) is 0.529. The Balaban J connectivity index is 1.43. The number of rotatable bonds is 7. The van der Waals surface area contributed by atoms with Crippen LogP contribution in [0.5, 0.6) is 5.88 Å². The molecule has 0 radical (unpaired) electrons. The Morgan fingerprint density at radius 2 is 1.97 bits per heavy atom. The Hall–Kier alpha value is -3.80. The maximum atomic E-state index is 12.6. The maximum absolute atomic E-state index is 12.6. The predicted molar refractivity (Wildman–Crippen MR) is 116 cm³/mol. The van der Waals surface area contributed by atoms with Crippen molar-refractivity contribution < 1.29 is 27.2 Å². The maximum Gasteiger partial charge on any atom is 0.389 e. The van der Waals surface area contributed by atoms with Gasteiger partial charge in [-0.15, -0.1) is 15.3 Å². The highest BCUT2D eigenvalue weighted by Crippen LogP contribution is 2.30. The van der Waals surface area contributed by atoms with E-state index in [1.165, 1.54) is 10.6 Å². The molecular weight excluding hydrogens is 453 g/mol. The normalized spacial score (nSPS) is 16.4. The van der Waals surface area contributed by atoms with Gasteiger partial charge in [-0.2, -0.15) is 17.7 Å². The number of methoxy groups -OCH3 is 1. The highest BCUT2D eigenvalue weighted by Gasteiger charge is 2.31. The number of ether oxygens (including phenoxy) is 2. The Labute approximate surface area is 190 Å². The third-order valence-electron chi connectivity index (χ3n) is 5.24. The number of nitrogens with zero attached hydrogens (tertiary/aromatic N) is 6. The third-order valence-corrected chi connectivity index (χ3v) is 5.24. The number of dihydropyridines is 1. The number of hydrogen-bond acceptors (Lipinski definition) is 8. The van der Waals surface area contributed by atoms with Gasteiger partial charge in [0.15, 0.2) is 17.1 Å². The zero-order chi connectivity index (χ0) is 23.7. The first kappa shape index (κ1) is 22.0. The van der Waals surface area contributed by atoms with Crippen LogP contribution in [0, 0.1) is 5.92 Å². The second kappa shape index (κ2) is 8.86. The molecule has 1 atom stereocenters. The minimum Gasteiger partial charge on any atom is -0.470 e. The van der Waals surface area contributed by atoms with Crippen molar-refractivity contribution in [1.29, 1.82) is 0 Å². The number of aromatic nitrogens is 5. The number of alkyl halides is 3. The molecule has 0 bridgehead atoms. The lowest BCUT2D eigenvalue weighted by molar-refractivity contribution is -0.140. The molecule has 1 aliphatic heterocycles. The first-order chi connectivity index (χ1) is 16.4. The monoisotopic (exact) mass is 472 g/mol. The van der Waals surface area contributed by atoms with Crippen LogP contribution in [0.3, 0.4) is 0 Å². The van der Waals surface area contributed by atoms with Crippen LogP contribution in [0.15, 0.2) is 52.0 Å². The molecule has 1 aliphatic rings. The molecule has 176 valence electrons. The van der Waals surface area contributed by atoms with Crippen LogP contribution < -0.4 is 4.74 Å². The van der Waals surface area contributed by atoms with Gasteiger partial charge in [0.2, 0.25) is 11.7 Å². The lowest BCUT2D eigenvalue weighted by Crippen LogP contribution is -2.21. The van der Waals surface area contributed by atoms with Gasteiger partial charge in [0.05, 0.1) is 12.1 Å². The van der Waals surface area contributed by atoms with Crippen LogP contribution >= 0.6 is 0 Å². The van der Waals surface area contributed by atoms with Gasteiger partial charge in [-0.3, -0.25) is 4.99 Å². The minimum absolute atomic E-state index is 0.0527. The highest BCUT2D eigenvalue weighted by molar-refractivity contribution is 5.98. The fraction of sp³-hybridized carbons (Fsp3) is 0.318. The van der Waals surface area contributed by atoms with Crippen LogP contribution in [-0.4, -0.2) is 57.1 Å². The van der Waals surface area contributed by atoms with Crippen molar-refractivity contribution in [2.75, 3.05) is 20.3 Å². The molecule has 0 fully saturated rings. The molecule has 0 aliphatic carbocycles. The molecule has 1 aromatic carbocycles. The zero-order valence-electron chi connectivity index (χ0n) is 18.0. The highest BCUT2D eigenvalue weighted by atomic mass is 19.4. The van der Waals surface area contributed by atoms with E-state index in [0.717, 1.165) is 5.39 Å². The predicted octanol–water partition coefficient (Wildman–Crippen LogP) is 4.04. The molecule has 34 heavy (non-hydrogen) atoms. The van der Waals surface area contributed by atoms with E-state index in [1.54, 1.807) is 19.3 Å². The van der Waals surface area contributed by atoms with Crippen LogP contribution in [0.2, 0.25) is 0 Å². The summed E-state index contributed by atoms with van der Waals surface area (Å²) in [7, 11) is 1.55. The van der Waals surface area contributed by atoms with Crippen LogP contribution in [0.25, 0.3) is 27.9 Å². The minimum atomic E-state index is -4.22. The topological polar surface area (TPSA) is 99.9 Å². The van der Waals surface area contributed by atoms with E-state index in [-0.39, 0.29) is 19.8 Å². The lowest BCUT2D eigenvalue weighted by Gasteiger charge is -2.17. The average Bonchev–Trinajstić information content (AvgIpc) is 3.44. The Morgan fingerprint density at radius 1 is 1.15 bits per heavy atom. The fourth-order valence-electron chi connectivity index (χ4n) is 3.71. The molecule has 1 unspecified atom stereocenters. The van der Waals surface area contributed by atoms with Crippen LogP contribution in [0.1, 0.15) is 12.2 Å². The van der Waals surface area contributed by atoms with Crippen molar-refractivity contribution in [2.45, 2.75) is 19.2 Å². The van der Waals surface area contributed by atoms with E-state index < -0.39 is 18.5 Å². The van der Waals surface area contributed by atoms with Gasteiger partial charge in [-0.25, -0.2) is 0 Å². The molecular formula is C22H19F3N6O3. The van der Waals surface area contributed by atoms with E-state index in [1.807, 2.05) is 24.3 Å². The van der Waals surface area contributed by atoms with Gasteiger partial charge in [0.25, 0.3) is 0 Å². The van der Waals surface area contributed by atoms with E-state index in [4.69, 9.17) is 14.0 Å². The van der Waals surface area contributed by atoms with Crippen molar-refractivity contribution >= 4 is 22.1 Å². The summed E-state index contributed by atoms with van der Waals surface area (Å²) in [4.78, 5) is 4.24. The SMILES string of the molecule is COCc1cc(-c2nnc3c4ccccc4c(OCC4=NCC(CC(F)(F)F)C=C4)nn23)no1. The molecule has 9 nitrogen and oxygen atoms in total. The molecule has 12 heteroatoms. The summed E-state index contributed by atoms with van der Waals surface area (Å²) in [6.45, 7) is 0.374. The molecule has 0 N–H and O–H groups in total. The molecule has 0 amide bonds. The third kappa shape index (κ3) is 4.49. The van der Waals surface area contributed by atoms with Crippen LogP contribution in [0.4, 0.5) is 13.2 Å².